The maximum absolute atomic E-state index is 11.6. The topological polar surface area (TPSA) is 60.9 Å². The van der Waals surface area contributed by atoms with Crippen LogP contribution in [0, 0.1) is 6.92 Å². The number of hydrogen-bond donors (Lipinski definition) is 1. The molecule has 0 unspecified atom stereocenters. The highest BCUT2D eigenvalue weighted by atomic mass is 32.1. The third-order valence-electron chi connectivity index (χ3n) is 2.39. The Balaban J connectivity index is 2.34. The van der Waals surface area contributed by atoms with E-state index in [2.05, 4.69) is 4.98 Å². The monoisotopic (exact) mass is 265 g/mol. The van der Waals surface area contributed by atoms with Gasteiger partial charge in [0.25, 0.3) is 0 Å². The van der Waals surface area contributed by atoms with Gasteiger partial charge in [-0.15, -0.1) is 0 Å². The molecule has 4 nitrogen and oxygen atoms in total. The van der Waals surface area contributed by atoms with E-state index < -0.39 is 0 Å². The van der Waals surface area contributed by atoms with Crippen LogP contribution in [0.25, 0.3) is 0 Å². The normalized spacial score (nSPS) is 10.4. The molecule has 0 aromatic carbocycles. The lowest BCUT2D eigenvalue weighted by Gasteiger charge is -2.05. The van der Waals surface area contributed by atoms with Crippen LogP contribution in [0.4, 0.5) is 0 Å². The van der Waals surface area contributed by atoms with Gasteiger partial charge in [0.1, 0.15) is 4.99 Å². The molecule has 88 valence electrons. The minimum atomic E-state index is 0.0381. The van der Waals surface area contributed by atoms with Gasteiger partial charge in [0, 0.05) is 17.3 Å². The van der Waals surface area contributed by atoms with Gasteiger partial charge in [0.2, 0.25) is 0 Å². The van der Waals surface area contributed by atoms with Crippen molar-refractivity contribution >= 4 is 28.5 Å². The van der Waals surface area contributed by atoms with Crippen molar-refractivity contribution in [3.8, 4) is 0 Å². The van der Waals surface area contributed by atoms with E-state index in [1.54, 1.807) is 10.8 Å². The Morgan fingerprint density at radius 3 is 3.00 bits per heavy atom. The van der Waals surface area contributed by atoms with Gasteiger partial charge in [-0.3, -0.25) is 14.3 Å². The van der Waals surface area contributed by atoms with Gasteiger partial charge < -0.3 is 5.73 Å². The SMILES string of the molecule is Cc1csc(=O)n1Cc1ccnc(C(N)=S)c1. The summed E-state index contributed by atoms with van der Waals surface area (Å²) < 4.78 is 1.71. The number of aryl methyl sites for hydroxylation is 1. The second-order valence-corrected chi connectivity index (χ2v) is 4.90. The van der Waals surface area contributed by atoms with Crippen LogP contribution in [-0.4, -0.2) is 14.5 Å². The van der Waals surface area contributed by atoms with Gasteiger partial charge in [0.15, 0.2) is 0 Å². The van der Waals surface area contributed by atoms with Crippen molar-refractivity contribution in [2.24, 2.45) is 5.73 Å². The van der Waals surface area contributed by atoms with Crippen molar-refractivity contribution in [3.63, 3.8) is 0 Å². The van der Waals surface area contributed by atoms with Crippen LogP contribution in [0.5, 0.6) is 0 Å². The smallest absolute Gasteiger partial charge is 0.307 e. The number of hydrogen-bond acceptors (Lipinski definition) is 4. The molecule has 2 heterocycles. The van der Waals surface area contributed by atoms with Crippen molar-refractivity contribution < 1.29 is 0 Å². The van der Waals surface area contributed by atoms with Crippen LogP contribution < -0.4 is 10.6 Å². The maximum Gasteiger partial charge on any atom is 0.307 e. The summed E-state index contributed by atoms with van der Waals surface area (Å²) >= 11 is 6.07. The summed E-state index contributed by atoms with van der Waals surface area (Å²) in [4.78, 5) is 15.9. The standard InChI is InChI=1S/C11H11N3OS2/c1-7-6-17-11(15)14(7)5-8-2-3-13-9(4-8)10(12)16/h2-4,6H,5H2,1H3,(H2,12,16). The fourth-order valence-electron chi connectivity index (χ4n) is 1.49. The molecule has 17 heavy (non-hydrogen) atoms. The van der Waals surface area contributed by atoms with Crippen molar-refractivity contribution in [2.45, 2.75) is 13.5 Å². The number of nitrogens with zero attached hydrogens (tertiary/aromatic N) is 2. The third kappa shape index (κ3) is 2.59. The minimum absolute atomic E-state index is 0.0381. The Labute approximate surface area is 108 Å². The largest absolute Gasteiger partial charge is 0.388 e. The predicted molar refractivity (Wildman–Crippen MR) is 72.5 cm³/mol. The van der Waals surface area contributed by atoms with Crippen molar-refractivity contribution in [1.82, 2.24) is 9.55 Å². The van der Waals surface area contributed by atoms with E-state index in [-0.39, 0.29) is 9.86 Å². The lowest BCUT2D eigenvalue weighted by molar-refractivity contribution is 0.753. The Morgan fingerprint density at radius 2 is 2.41 bits per heavy atom. The lowest BCUT2D eigenvalue weighted by atomic mass is 10.2. The minimum Gasteiger partial charge on any atom is -0.388 e. The van der Waals surface area contributed by atoms with Crippen molar-refractivity contribution in [3.05, 3.63) is 50.3 Å². The molecule has 2 aromatic rings. The van der Waals surface area contributed by atoms with Crippen molar-refractivity contribution in [1.29, 1.82) is 0 Å². The molecule has 0 aliphatic carbocycles. The number of thiazole rings is 1. The second-order valence-electron chi connectivity index (χ2n) is 3.64. The first-order valence-corrected chi connectivity index (χ1v) is 6.26. The molecule has 0 amide bonds. The molecule has 0 bridgehead atoms. The Morgan fingerprint density at radius 1 is 1.65 bits per heavy atom. The summed E-state index contributed by atoms with van der Waals surface area (Å²) in [6.45, 7) is 2.43. The lowest BCUT2D eigenvalue weighted by Crippen LogP contribution is -2.16. The van der Waals surface area contributed by atoms with Crippen LogP contribution in [0.15, 0.2) is 28.5 Å². The molecule has 0 spiro atoms. The van der Waals surface area contributed by atoms with Gasteiger partial charge in [-0.2, -0.15) is 0 Å². The fraction of sp³-hybridized carbons (Fsp3) is 0.182. The summed E-state index contributed by atoms with van der Waals surface area (Å²) in [7, 11) is 0. The molecule has 0 saturated heterocycles. The highest BCUT2D eigenvalue weighted by molar-refractivity contribution is 7.80. The maximum atomic E-state index is 11.6. The van der Waals surface area contributed by atoms with E-state index >= 15 is 0 Å². The van der Waals surface area contributed by atoms with Crippen molar-refractivity contribution in [2.75, 3.05) is 0 Å². The Kier molecular flexibility index (Phi) is 3.35. The zero-order chi connectivity index (χ0) is 12.4. The quantitative estimate of drug-likeness (QED) is 0.850. The highest BCUT2D eigenvalue weighted by Gasteiger charge is 2.05. The first-order valence-electron chi connectivity index (χ1n) is 4.97. The van der Waals surface area contributed by atoms with E-state index in [0.29, 0.717) is 12.2 Å². The van der Waals surface area contributed by atoms with Crippen LogP contribution >= 0.6 is 23.6 Å². The molecule has 2 rings (SSSR count). The van der Waals surface area contributed by atoms with Gasteiger partial charge >= 0.3 is 4.87 Å². The van der Waals surface area contributed by atoms with Gasteiger partial charge in [0.05, 0.1) is 12.2 Å². The Hall–Kier alpha value is -1.53. The highest BCUT2D eigenvalue weighted by Crippen LogP contribution is 2.07. The van der Waals surface area contributed by atoms with E-state index in [4.69, 9.17) is 18.0 Å². The molecule has 0 aliphatic heterocycles. The van der Waals surface area contributed by atoms with E-state index in [0.717, 1.165) is 11.3 Å². The molecule has 0 radical (unpaired) electrons. The van der Waals surface area contributed by atoms with Gasteiger partial charge in [-0.25, -0.2) is 0 Å². The summed E-state index contributed by atoms with van der Waals surface area (Å²) in [6, 6.07) is 3.66. The van der Waals surface area contributed by atoms with E-state index in [9.17, 15) is 4.79 Å². The molecule has 0 atom stereocenters. The first-order chi connectivity index (χ1) is 8.08. The molecule has 6 heteroatoms. The molecular formula is C11H11N3OS2. The molecule has 0 aliphatic rings. The fourth-order valence-corrected chi connectivity index (χ4v) is 2.33. The molecule has 0 fully saturated rings. The number of rotatable bonds is 3. The molecular weight excluding hydrogens is 254 g/mol. The number of aromatic nitrogens is 2. The molecule has 0 saturated carbocycles. The second kappa shape index (κ2) is 4.77. The average Bonchev–Trinajstić information content (AvgIpc) is 2.61. The first kappa shape index (κ1) is 11.9. The summed E-state index contributed by atoms with van der Waals surface area (Å²) in [5.74, 6) is 0. The Bertz CT molecular complexity index is 615. The van der Waals surface area contributed by atoms with Crippen LogP contribution in [0.1, 0.15) is 17.0 Å². The summed E-state index contributed by atoms with van der Waals surface area (Å²) in [5.41, 5.74) is 8.02. The summed E-state index contributed by atoms with van der Waals surface area (Å²) in [6.07, 6.45) is 1.65. The van der Waals surface area contributed by atoms with Gasteiger partial charge in [-0.05, 0) is 24.6 Å². The van der Waals surface area contributed by atoms with E-state index in [1.807, 2.05) is 24.4 Å². The zero-order valence-corrected chi connectivity index (χ0v) is 10.8. The summed E-state index contributed by atoms with van der Waals surface area (Å²) in [5, 5.41) is 1.85. The van der Waals surface area contributed by atoms with Crippen LogP contribution in [-0.2, 0) is 6.54 Å². The van der Waals surface area contributed by atoms with Gasteiger partial charge in [-0.1, -0.05) is 23.6 Å². The number of thiocarbonyl (C=S) groups is 1. The number of nitrogens with two attached hydrogens (primary N) is 1. The molecule has 2 aromatic heterocycles. The third-order valence-corrected chi connectivity index (χ3v) is 3.48. The molecule has 2 N–H and O–H groups in total. The number of pyridine rings is 1. The average molecular weight is 265 g/mol. The van der Waals surface area contributed by atoms with E-state index in [1.165, 1.54) is 11.3 Å². The predicted octanol–water partition coefficient (Wildman–Crippen LogP) is 1.30. The van der Waals surface area contributed by atoms with Crippen LogP contribution in [0.3, 0.4) is 0 Å². The van der Waals surface area contributed by atoms with Crippen LogP contribution in [0.2, 0.25) is 0 Å². The zero-order valence-electron chi connectivity index (χ0n) is 9.21.